The van der Waals surface area contributed by atoms with E-state index in [1.54, 1.807) is 12.3 Å². The van der Waals surface area contributed by atoms with E-state index in [0.717, 1.165) is 31.1 Å². The highest BCUT2D eigenvalue weighted by atomic mass is 35.5. The predicted molar refractivity (Wildman–Crippen MR) is 128 cm³/mol. The van der Waals surface area contributed by atoms with Crippen molar-refractivity contribution in [1.82, 2.24) is 15.3 Å². The summed E-state index contributed by atoms with van der Waals surface area (Å²) in [6, 6.07) is 6.20. The Labute approximate surface area is 199 Å². The zero-order valence-electron chi connectivity index (χ0n) is 17.6. The normalized spacial score (nSPS) is 16.3. The number of ether oxygens (including phenoxy) is 1. The fourth-order valence-electron chi connectivity index (χ4n) is 3.86. The van der Waals surface area contributed by atoms with Crippen molar-refractivity contribution in [3.05, 3.63) is 52.2 Å². The van der Waals surface area contributed by atoms with Crippen molar-refractivity contribution >= 4 is 45.3 Å². The molecule has 33 heavy (non-hydrogen) atoms. The van der Waals surface area contributed by atoms with Gasteiger partial charge in [-0.25, -0.2) is 9.37 Å². The van der Waals surface area contributed by atoms with E-state index in [4.69, 9.17) is 21.3 Å². The fourth-order valence-corrected chi connectivity index (χ4v) is 4.81. The molecule has 0 amide bonds. The molecule has 0 radical (unpaired) electrons. The first-order chi connectivity index (χ1) is 16.1. The summed E-state index contributed by atoms with van der Waals surface area (Å²) in [6.07, 6.45) is 3.86. The number of hydrogen-bond acceptors (Lipinski definition) is 8. The molecular formula is C23H21ClFN5O2S. The molecule has 1 aromatic carbocycles. The van der Waals surface area contributed by atoms with Crippen molar-refractivity contribution in [2.24, 2.45) is 4.99 Å². The monoisotopic (exact) mass is 485 g/mol. The zero-order chi connectivity index (χ0) is 22.8. The Kier molecular flexibility index (Phi) is 6.34. The van der Waals surface area contributed by atoms with Gasteiger partial charge in [-0.05, 0) is 44.1 Å². The number of piperidine rings is 1. The van der Waals surface area contributed by atoms with Gasteiger partial charge >= 0.3 is 0 Å². The average molecular weight is 486 g/mol. The maximum absolute atomic E-state index is 13.4. The number of benzene rings is 1. The van der Waals surface area contributed by atoms with Gasteiger partial charge < -0.3 is 15.4 Å². The van der Waals surface area contributed by atoms with Gasteiger partial charge in [0, 0.05) is 29.2 Å². The van der Waals surface area contributed by atoms with Gasteiger partial charge in [0.05, 0.1) is 17.2 Å². The van der Waals surface area contributed by atoms with Crippen molar-refractivity contribution in [2.75, 3.05) is 25.0 Å². The Morgan fingerprint density at radius 3 is 2.94 bits per heavy atom. The van der Waals surface area contributed by atoms with E-state index < -0.39 is 5.82 Å². The number of thiazole rings is 1. The van der Waals surface area contributed by atoms with E-state index >= 15 is 0 Å². The predicted octanol–water partition coefficient (Wildman–Crippen LogP) is 4.90. The van der Waals surface area contributed by atoms with Crippen LogP contribution in [0.3, 0.4) is 0 Å². The third kappa shape index (κ3) is 4.90. The number of rotatable bonds is 6. The van der Waals surface area contributed by atoms with Gasteiger partial charge in [-0.1, -0.05) is 11.6 Å². The molecule has 3 aromatic rings. The summed E-state index contributed by atoms with van der Waals surface area (Å²) in [5.41, 5.74) is 2.83. The number of Topliss-reactive ketones (excluding diaryl/α,β-unsaturated/α-hetero) is 1. The van der Waals surface area contributed by atoms with Crippen molar-refractivity contribution in [2.45, 2.75) is 25.3 Å². The Morgan fingerprint density at radius 1 is 1.27 bits per heavy atom. The van der Waals surface area contributed by atoms with E-state index in [0.29, 0.717) is 40.1 Å². The van der Waals surface area contributed by atoms with E-state index in [2.05, 4.69) is 20.6 Å². The summed E-state index contributed by atoms with van der Waals surface area (Å²) >= 11 is 7.33. The quantitative estimate of drug-likeness (QED) is 0.516. The second-order valence-corrected chi connectivity index (χ2v) is 9.17. The van der Waals surface area contributed by atoms with Gasteiger partial charge in [0.25, 0.3) is 0 Å². The number of pyridine rings is 1. The topological polar surface area (TPSA) is 88.5 Å². The zero-order valence-corrected chi connectivity index (χ0v) is 19.2. The SMILES string of the molecule is O=C1CC(COc2ccc(F)c(Cl)c2)=Nc2c1ccnc2-c1csc(NC2CCNCC2)n1. The molecule has 5 rings (SSSR count). The third-order valence-electron chi connectivity index (χ3n) is 5.57. The number of fused-ring (bicyclic) bond motifs is 1. The molecule has 0 spiro atoms. The number of anilines is 1. The van der Waals surface area contributed by atoms with Crippen LogP contribution in [-0.2, 0) is 0 Å². The molecular weight excluding hydrogens is 465 g/mol. The summed E-state index contributed by atoms with van der Waals surface area (Å²) < 4.78 is 19.1. The molecule has 0 atom stereocenters. The number of carbonyl (C=O) groups excluding carboxylic acids is 1. The van der Waals surface area contributed by atoms with Crippen LogP contribution >= 0.6 is 22.9 Å². The highest BCUT2D eigenvalue weighted by molar-refractivity contribution is 7.14. The van der Waals surface area contributed by atoms with Crippen molar-refractivity contribution in [3.8, 4) is 17.1 Å². The molecule has 0 saturated carbocycles. The lowest BCUT2D eigenvalue weighted by atomic mass is 9.99. The number of ketones is 1. The minimum atomic E-state index is -0.517. The number of nitrogens with zero attached hydrogens (tertiary/aromatic N) is 3. The first-order valence-electron chi connectivity index (χ1n) is 10.7. The molecule has 1 fully saturated rings. The Hall–Kier alpha value is -2.88. The lowest BCUT2D eigenvalue weighted by Crippen LogP contribution is -2.35. The Bertz CT molecular complexity index is 1230. The minimum Gasteiger partial charge on any atom is -0.488 e. The largest absolute Gasteiger partial charge is 0.488 e. The minimum absolute atomic E-state index is 0.0246. The second-order valence-electron chi connectivity index (χ2n) is 7.90. The van der Waals surface area contributed by atoms with Crippen LogP contribution < -0.4 is 15.4 Å². The molecule has 0 bridgehead atoms. The van der Waals surface area contributed by atoms with E-state index in [1.165, 1.54) is 29.5 Å². The first-order valence-corrected chi connectivity index (χ1v) is 11.9. The standard InChI is InChI=1S/C23H21ClFN5O2S/c24-17-10-15(1-2-18(17)25)32-11-14-9-20(31)16-5-8-27-22(21(16)28-14)19-12-33-23(30-19)29-13-3-6-26-7-4-13/h1-2,5,8,10,12-13,26H,3-4,6-7,9,11H2,(H,29,30). The molecule has 0 unspecified atom stereocenters. The summed E-state index contributed by atoms with van der Waals surface area (Å²) in [5.74, 6) is -0.166. The Morgan fingerprint density at radius 2 is 2.12 bits per heavy atom. The first kappa shape index (κ1) is 21.9. The molecule has 2 aliphatic heterocycles. The number of nitrogens with one attached hydrogen (secondary N) is 2. The van der Waals surface area contributed by atoms with Crippen LogP contribution in [0.25, 0.3) is 11.4 Å². The van der Waals surface area contributed by atoms with Gasteiger partial charge in [0.1, 0.15) is 35.2 Å². The second kappa shape index (κ2) is 9.54. The summed E-state index contributed by atoms with van der Waals surface area (Å²) in [6.45, 7) is 2.08. The van der Waals surface area contributed by atoms with Crippen LogP contribution in [0.2, 0.25) is 5.02 Å². The lowest BCUT2D eigenvalue weighted by Gasteiger charge is -2.23. The van der Waals surface area contributed by atoms with Gasteiger partial charge in [0.15, 0.2) is 10.9 Å². The van der Waals surface area contributed by atoms with Gasteiger partial charge in [-0.2, -0.15) is 0 Å². The number of aromatic nitrogens is 2. The number of aliphatic imine (C=N–C) groups is 1. The smallest absolute Gasteiger partial charge is 0.183 e. The summed E-state index contributed by atoms with van der Waals surface area (Å²) in [4.78, 5) is 26.7. The van der Waals surface area contributed by atoms with Gasteiger partial charge in [-0.3, -0.25) is 14.8 Å². The molecule has 2 N–H and O–H groups in total. The highest BCUT2D eigenvalue weighted by Crippen LogP contribution is 2.36. The van der Waals surface area contributed by atoms with Crippen molar-refractivity contribution in [3.63, 3.8) is 0 Å². The molecule has 0 aliphatic carbocycles. The number of carbonyl (C=O) groups is 1. The maximum Gasteiger partial charge on any atom is 0.183 e. The van der Waals surface area contributed by atoms with Crippen LogP contribution in [0.5, 0.6) is 5.75 Å². The van der Waals surface area contributed by atoms with Crippen molar-refractivity contribution in [1.29, 1.82) is 0 Å². The maximum atomic E-state index is 13.4. The lowest BCUT2D eigenvalue weighted by molar-refractivity contribution is 0.0998. The van der Waals surface area contributed by atoms with Crippen LogP contribution in [0.1, 0.15) is 29.6 Å². The third-order valence-corrected chi connectivity index (χ3v) is 6.63. The fraction of sp³-hybridized carbons (Fsp3) is 0.304. The molecule has 170 valence electrons. The summed E-state index contributed by atoms with van der Waals surface area (Å²) in [5, 5.41) is 9.58. The molecule has 4 heterocycles. The van der Waals surface area contributed by atoms with E-state index in [1.807, 2.05) is 5.38 Å². The molecule has 2 aliphatic rings. The van der Waals surface area contributed by atoms with Crippen LogP contribution in [0.4, 0.5) is 15.2 Å². The number of halogens is 2. The highest BCUT2D eigenvalue weighted by Gasteiger charge is 2.25. The Balaban J connectivity index is 1.37. The van der Waals surface area contributed by atoms with Crippen LogP contribution in [0.15, 0.2) is 40.8 Å². The molecule has 10 heteroatoms. The number of hydrogen-bond donors (Lipinski definition) is 2. The van der Waals surface area contributed by atoms with E-state index in [-0.39, 0.29) is 23.8 Å². The summed E-state index contributed by atoms with van der Waals surface area (Å²) in [7, 11) is 0. The van der Waals surface area contributed by atoms with Gasteiger partial charge in [0.2, 0.25) is 0 Å². The van der Waals surface area contributed by atoms with Crippen LogP contribution in [-0.4, -0.2) is 47.2 Å². The van der Waals surface area contributed by atoms with Gasteiger partial charge in [-0.15, -0.1) is 11.3 Å². The molecule has 2 aromatic heterocycles. The molecule has 7 nitrogen and oxygen atoms in total. The van der Waals surface area contributed by atoms with Crippen LogP contribution in [0, 0.1) is 5.82 Å². The average Bonchev–Trinajstić information content (AvgIpc) is 3.28. The van der Waals surface area contributed by atoms with Crippen molar-refractivity contribution < 1.29 is 13.9 Å². The molecule has 1 saturated heterocycles. The van der Waals surface area contributed by atoms with E-state index in [9.17, 15) is 9.18 Å².